The molecule has 0 bridgehead atoms. The first kappa shape index (κ1) is 17.9. The molecular formula is C20H22FN3O2. The minimum Gasteiger partial charge on any atom is -0.496 e. The number of ether oxygens (including phenoxy) is 1. The molecule has 1 aliphatic rings. The molecule has 0 aliphatic carbocycles. The van der Waals surface area contributed by atoms with Crippen molar-refractivity contribution in [1.82, 2.24) is 5.43 Å². The number of carbonyl (C=O) groups is 1. The molecule has 2 aromatic carbocycles. The van der Waals surface area contributed by atoms with Crippen LogP contribution in [0.15, 0.2) is 41.5 Å². The third-order valence-electron chi connectivity index (χ3n) is 4.50. The van der Waals surface area contributed by atoms with Gasteiger partial charge in [0.15, 0.2) is 0 Å². The summed E-state index contributed by atoms with van der Waals surface area (Å²) in [5, 5.41) is 3.96. The van der Waals surface area contributed by atoms with Crippen molar-refractivity contribution in [2.45, 2.75) is 19.8 Å². The van der Waals surface area contributed by atoms with Crippen LogP contribution in [0.2, 0.25) is 0 Å². The van der Waals surface area contributed by atoms with Crippen LogP contribution in [0.1, 0.15) is 34.3 Å². The van der Waals surface area contributed by atoms with Crippen molar-refractivity contribution >= 4 is 17.8 Å². The number of hydrogen-bond donors (Lipinski definition) is 1. The van der Waals surface area contributed by atoms with Crippen LogP contribution in [0, 0.1) is 12.7 Å². The summed E-state index contributed by atoms with van der Waals surface area (Å²) in [4.78, 5) is 14.3. The second-order valence-corrected chi connectivity index (χ2v) is 6.25. The Morgan fingerprint density at radius 1 is 1.27 bits per heavy atom. The van der Waals surface area contributed by atoms with Gasteiger partial charge in [0, 0.05) is 18.7 Å². The molecule has 1 aliphatic heterocycles. The van der Waals surface area contributed by atoms with E-state index in [-0.39, 0.29) is 11.7 Å². The molecule has 1 N–H and O–H groups in total. The number of methoxy groups -OCH3 is 1. The van der Waals surface area contributed by atoms with Crippen LogP contribution in [0.3, 0.4) is 0 Å². The maximum absolute atomic E-state index is 14.4. The normalized spacial score (nSPS) is 14.0. The lowest BCUT2D eigenvalue weighted by Crippen LogP contribution is -2.20. The molecule has 1 saturated heterocycles. The third kappa shape index (κ3) is 3.85. The predicted octanol–water partition coefficient (Wildman–Crippen LogP) is 3.51. The summed E-state index contributed by atoms with van der Waals surface area (Å²) in [6, 6.07) is 10.2. The van der Waals surface area contributed by atoms with Crippen LogP contribution in [-0.2, 0) is 0 Å². The lowest BCUT2D eigenvalue weighted by atomic mass is 10.1. The third-order valence-corrected chi connectivity index (χ3v) is 4.50. The molecule has 26 heavy (non-hydrogen) atoms. The zero-order valence-corrected chi connectivity index (χ0v) is 15.0. The fraction of sp³-hybridized carbons (Fsp3) is 0.300. The minimum atomic E-state index is -0.384. The van der Waals surface area contributed by atoms with Gasteiger partial charge in [0.05, 0.1) is 24.6 Å². The molecule has 6 heteroatoms. The van der Waals surface area contributed by atoms with Crippen LogP contribution >= 0.6 is 0 Å². The average molecular weight is 355 g/mol. The van der Waals surface area contributed by atoms with Gasteiger partial charge in [-0.1, -0.05) is 12.1 Å². The van der Waals surface area contributed by atoms with Crippen molar-refractivity contribution in [3.05, 3.63) is 58.9 Å². The molecule has 1 heterocycles. The van der Waals surface area contributed by atoms with Crippen molar-refractivity contribution in [1.29, 1.82) is 0 Å². The van der Waals surface area contributed by atoms with E-state index in [2.05, 4.69) is 15.4 Å². The number of rotatable bonds is 5. The molecule has 0 radical (unpaired) electrons. The smallest absolute Gasteiger partial charge is 0.275 e. The largest absolute Gasteiger partial charge is 0.496 e. The van der Waals surface area contributed by atoms with Gasteiger partial charge in [0.1, 0.15) is 11.6 Å². The van der Waals surface area contributed by atoms with Crippen LogP contribution in [0.4, 0.5) is 10.1 Å². The Morgan fingerprint density at radius 3 is 2.73 bits per heavy atom. The molecule has 0 spiro atoms. The van der Waals surface area contributed by atoms with Crippen molar-refractivity contribution in [2.24, 2.45) is 5.10 Å². The van der Waals surface area contributed by atoms with E-state index >= 15 is 0 Å². The summed E-state index contributed by atoms with van der Waals surface area (Å²) >= 11 is 0. The van der Waals surface area contributed by atoms with E-state index in [1.807, 2.05) is 13.0 Å². The van der Waals surface area contributed by atoms with Crippen LogP contribution in [0.5, 0.6) is 5.75 Å². The molecule has 1 amide bonds. The highest BCUT2D eigenvalue weighted by Crippen LogP contribution is 2.26. The van der Waals surface area contributed by atoms with Gasteiger partial charge in [-0.3, -0.25) is 4.79 Å². The predicted molar refractivity (Wildman–Crippen MR) is 101 cm³/mol. The summed E-state index contributed by atoms with van der Waals surface area (Å²) in [5.41, 5.74) is 5.02. The Bertz CT molecular complexity index is 830. The fourth-order valence-electron chi connectivity index (χ4n) is 3.07. The first-order valence-electron chi connectivity index (χ1n) is 8.61. The Kier molecular flexibility index (Phi) is 5.51. The molecule has 0 unspecified atom stereocenters. The van der Waals surface area contributed by atoms with E-state index in [4.69, 9.17) is 4.74 Å². The number of amides is 1. The molecule has 5 nitrogen and oxygen atoms in total. The molecule has 0 aromatic heterocycles. The number of nitrogens with one attached hydrogen (secondary N) is 1. The van der Waals surface area contributed by atoms with Gasteiger partial charge in [0.2, 0.25) is 0 Å². The van der Waals surface area contributed by atoms with E-state index in [0.717, 1.165) is 31.5 Å². The van der Waals surface area contributed by atoms with E-state index < -0.39 is 0 Å². The Hall–Kier alpha value is -2.89. The molecular weight excluding hydrogens is 333 g/mol. The van der Waals surface area contributed by atoms with Crippen molar-refractivity contribution in [3.8, 4) is 5.75 Å². The van der Waals surface area contributed by atoms with Gasteiger partial charge in [-0.15, -0.1) is 0 Å². The van der Waals surface area contributed by atoms with E-state index in [1.165, 1.54) is 19.4 Å². The van der Waals surface area contributed by atoms with E-state index in [9.17, 15) is 9.18 Å². The molecule has 136 valence electrons. The van der Waals surface area contributed by atoms with Gasteiger partial charge in [0.25, 0.3) is 5.91 Å². The number of nitrogens with zero attached hydrogens (tertiary/aromatic N) is 2. The Labute approximate surface area is 152 Å². The first-order chi connectivity index (χ1) is 12.6. The SMILES string of the molecule is COc1ccccc1C(=O)NN=Cc1cc(F)c(N2CCCC2)cc1C. The van der Waals surface area contributed by atoms with Crippen molar-refractivity contribution in [2.75, 3.05) is 25.1 Å². The number of halogens is 1. The maximum atomic E-state index is 14.4. The molecule has 3 rings (SSSR count). The molecule has 0 saturated carbocycles. The van der Waals surface area contributed by atoms with Gasteiger partial charge in [-0.25, -0.2) is 9.82 Å². The highest BCUT2D eigenvalue weighted by molar-refractivity contribution is 5.97. The Balaban J connectivity index is 1.72. The number of hydrazone groups is 1. The summed E-state index contributed by atoms with van der Waals surface area (Å²) < 4.78 is 19.6. The van der Waals surface area contributed by atoms with Crippen LogP contribution < -0.4 is 15.1 Å². The summed E-state index contributed by atoms with van der Waals surface area (Å²) in [6.07, 6.45) is 3.65. The van der Waals surface area contributed by atoms with Crippen LogP contribution in [0.25, 0.3) is 0 Å². The van der Waals surface area contributed by atoms with E-state index in [1.54, 1.807) is 24.3 Å². The zero-order chi connectivity index (χ0) is 18.5. The standard InChI is InChI=1S/C20H22FN3O2/c1-14-11-18(24-9-5-6-10-24)17(21)12-15(14)13-22-23-20(25)16-7-3-4-8-19(16)26-2/h3-4,7-8,11-13H,5-6,9-10H2,1-2H3,(H,23,25). The van der Waals surface area contributed by atoms with Gasteiger partial charge >= 0.3 is 0 Å². The average Bonchev–Trinajstić information content (AvgIpc) is 3.18. The number of anilines is 1. The first-order valence-corrected chi connectivity index (χ1v) is 8.61. The quantitative estimate of drug-likeness (QED) is 0.660. The van der Waals surface area contributed by atoms with Gasteiger partial charge in [-0.2, -0.15) is 5.10 Å². The van der Waals surface area contributed by atoms with Crippen molar-refractivity contribution < 1.29 is 13.9 Å². The minimum absolute atomic E-state index is 0.269. The zero-order valence-electron chi connectivity index (χ0n) is 15.0. The highest BCUT2D eigenvalue weighted by Gasteiger charge is 2.17. The number of para-hydroxylation sites is 1. The summed E-state index contributed by atoms with van der Waals surface area (Å²) in [6.45, 7) is 3.68. The number of benzene rings is 2. The topological polar surface area (TPSA) is 53.9 Å². The summed E-state index contributed by atoms with van der Waals surface area (Å²) in [7, 11) is 1.50. The maximum Gasteiger partial charge on any atom is 0.275 e. The van der Waals surface area contributed by atoms with E-state index in [0.29, 0.717) is 22.6 Å². The van der Waals surface area contributed by atoms with Crippen molar-refractivity contribution in [3.63, 3.8) is 0 Å². The number of hydrogen-bond acceptors (Lipinski definition) is 4. The number of carbonyl (C=O) groups excluding carboxylic acids is 1. The fourth-order valence-corrected chi connectivity index (χ4v) is 3.07. The van der Waals surface area contributed by atoms with Gasteiger partial charge in [-0.05, 0) is 49.6 Å². The lowest BCUT2D eigenvalue weighted by Gasteiger charge is -2.19. The lowest BCUT2D eigenvalue weighted by molar-refractivity contribution is 0.0952. The monoisotopic (exact) mass is 355 g/mol. The number of aryl methyl sites for hydroxylation is 1. The molecule has 1 fully saturated rings. The molecule has 0 atom stereocenters. The molecule has 2 aromatic rings. The van der Waals surface area contributed by atoms with Crippen LogP contribution in [-0.4, -0.2) is 32.3 Å². The second-order valence-electron chi connectivity index (χ2n) is 6.25. The Morgan fingerprint density at radius 2 is 2.00 bits per heavy atom. The summed E-state index contributed by atoms with van der Waals surface area (Å²) in [5.74, 6) is -0.182. The van der Waals surface area contributed by atoms with Gasteiger partial charge < -0.3 is 9.64 Å². The second kappa shape index (κ2) is 7.99. The highest BCUT2D eigenvalue weighted by atomic mass is 19.1.